The fourth-order valence-corrected chi connectivity index (χ4v) is 1.41. The van der Waals surface area contributed by atoms with Crippen molar-refractivity contribution < 1.29 is 19.5 Å². The number of hydrogen-bond donors (Lipinski definition) is 4. The molecule has 0 spiro atoms. The third kappa shape index (κ3) is 4.30. The smallest absolute Gasteiger partial charge is 0.326 e. The Labute approximate surface area is 114 Å². The van der Waals surface area contributed by atoms with Crippen LogP contribution in [0.4, 0.5) is 10.5 Å². The normalized spacial score (nSPS) is 10.9. The van der Waals surface area contributed by atoms with Crippen molar-refractivity contribution in [3.05, 3.63) is 29.8 Å². The summed E-state index contributed by atoms with van der Waals surface area (Å²) in [6.45, 7) is 0. The molecule has 1 aromatic carbocycles. The molecule has 1 rings (SSSR count). The lowest BCUT2D eigenvalue weighted by Gasteiger charge is -2.14. The molecule has 0 aliphatic rings. The van der Waals surface area contributed by atoms with Gasteiger partial charge < -0.3 is 21.5 Å². The van der Waals surface area contributed by atoms with E-state index in [1.807, 2.05) is 6.07 Å². The van der Waals surface area contributed by atoms with Gasteiger partial charge in [0.25, 0.3) is 0 Å². The van der Waals surface area contributed by atoms with Crippen LogP contribution in [0.2, 0.25) is 0 Å². The minimum Gasteiger partial charge on any atom is -0.480 e. The standard InChI is InChI=1S/C12H12N4O4/c13-6-7-3-1-2-4-8(7)15-12(20)16-9(11(18)19)5-10(14)17/h1-4,9H,5H2,(H2,14,17)(H,18,19)(H2,15,16,20)/t9-/m0/s1. The fourth-order valence-electron chi connectivity index (χ4n) is 1.41. The number of carboxylic acid groups (broad SMARTS) is 1. The van der Waals surface area contributed by atoms with E-state index in [-0.39, 0.29) is 11.3 Å². The van der Waals surface area contributed by atoms with Gasteiger partial charge in [0.1, 0.15) is 12.1 Å². The Morgan fingerprint density at radius 3 is 2.55 bits per heavy atom. The first-order valence-corrected chi connectivity index (χ1v) is 5.51. The van der Waals surface area contributed by atoms with Crippen LogP contribution in [-0.2, 0) is 9.59 Å². The quantitative estimate of drug-likeness (QED) is 0.598. The number of benzene rings is 1. The van der Waals surface area contributed by atoms with Crippen LogP contribution in [0.5, 0.6) is 0 Å². The van der Waals surface area contributed by atoms with Crippen molar-refractivity contribution >= 4 is 23.6 Å². The summed E-state index contributed by atoms with van der Waals surface area (Å²) in [6, 6.07) is 5.81. The summed E-state index contributed by atoms with van der Waals surface area (Å²) in [6.07, 6.45) is -0.525. The predicted molar refractivity (Wildman–Crippen MR) is 68.5 cm³/mol. The van der Waals surface area contributed by atoms with E-state index in [0.717, 1.165) is 0 Å². The fraction of sp³-hybridized carbons (Fsp3) is 0.167. The van der Waals surface area contributed by atoms with Gasteiger partial charge in [-0.3, -0.25) is 4.79 Å². The molecule has 0 heterocycles. The number of carboxylic acids is 1. The lowest BCUT2D eigenvalue weighted by molar-refractivity contribution is -0.140. The molecule has 0 aromatic heterocycles. The molecule has 0 saturated heterocycles. The third-order valence-corrected chi connectivity index (χ3v) is 2.30. The molecule has 104 valence electrons. The molecular weight excluding hydrogens is 264 g/mol. The van der Waals surface area contributed by atoms with Crippen LogP contribution >= 0.6 is 0 Å². The molecule has 0 aliphatic heterocycles. The van der Waals surface area contributed by atoms with Crippen molar-refractivity contribution in [2.75, 3.05) is 5.32 Å². The summed E-state index contributed by atoms with van der Waals surface area (Å²) in [5.74, 6) is -2.23. The molecule has 1 aromatic rings. The second-order valence-electron chi connectivity index (χ2n) is 3.82. The Kier molecular flexibility index (Phi) is 5.05. The number of nitrogens with two attached hydrogens (primary N) is 1. The molecule has 20 heavy (non-hydrogen) atoms. The zero-order valence-corrected chi connectivity index (χ0v) is 10.3. The number of amides is 3. The molecule has 0 fully saturated rings. The van der Waals surface area contributed by atoms with E-state index >= 15 is 0 Å². The molecule has 8 heteroatoms. The molecule has 0 radical (unpaired) electrons. The molecule has 3 amide bonds. The van der Waals surface area contributed by atoms with Crippen LogP contribution in [0, 0.1) is 11.3 Å². The largest absolute Gasteiger partial charge is 0.480 e. The van der Waals surface area contributed by atoms with Crippen molar-refractivity contribution in [2.24, 2.45) is 5.73 Å². The minimum absolute atomic E-state index is 0.226. The van der Waals surface area contributed by atoms with Gasteiger partial charge in [-0.25, -0.2) is 9.59 Å². The molecular formula is C12H12N4O4. The van der Waals surface area contributed by atoms with Crippen molar-refractivity contribution in [3.63, 3.8) is 0 Å². The van der Waals surface area contributed by atoms with E-state index < -0.39 is 30.4 Å². The van der Waals surface area contributed by atoms with E-state index in [1.165, 1.54) is 12.1 Å². The zero-order chi connectivity index (χ0) is 15.1. The highest BCUT2D eigenvalue weighted by Crippen LogP contribution is 2.13. The number of nitrogens with zero attached hydrogens (tertiary/aromatic N) is 1. The van der Waals surface area contributed by atoms with Gasteiger partial charge in [0.2, 0.25) is 5.91 Å². The number of anilines is 1. The Morgan fingerprint density at radius 1 is 1.35 bits per heavy atom. The maximum atomic E-state index is 11.6. The second kappa shape index (κ2) is 6.75. The highest BCUT2D eigenvalue weighted by atomic mass is 16.4. The van der Waals surface area contributed by atoms with E-state index in [9.17, 15) is 14.4 Å². The molecule has 0 saturated carbocycles. The molecule has 0 bridgehead atoms. The Balaban J connectivity index is 2.73. The number of urea groups is 1. The first-order chi connectivity index (χ1) is 9.43. The minimum atomic E-state index is -1.43. The zero-order valence-electron chi connectivity index (χ0n) is 10.3. The van der Waals surface area contributed by atoms with Crippen LogP contribution in [0.15, 0.2) is 24.3 Å². The Morgan fingerprint density at radius 2 is 2.00 bits per heavy atom. The molecule has 0 aliphatic carbocycles. The van der Waals surface area contributed by atoms with E-state index in [4.69, 9.17) is 16.1 Å². The monoisotopic (exact) mass is 276 g/mol. The number of hydrogen-bond acceptors (Lipinski definition) is 4. The van der Waals surface area contributed by atoms with Gasteiger partial charge in [0.05, 0.1) is 17.7 Å². The lowest BCUT2D eigenvalue weighted by atomic mass is 10.2. The highest BCUT2D eigenvalue weighted by molar-refractivity contribution is 5.94. The van der Waals surface area contributed by atoms with Crippen LogP contribution < -0.4 is 16.4 Å². The number of nitriles is 1. The average Bonchev–Trinajstić information content (AvgIpc) is 2.37. The molecule has 0 unspecified atom stereocenters. The van der Waals surface area contributed by atoms with E-state index in [0.29, 0.717) is 0 Å². The molecule has 8 nitrogen and oxygen atoms in total. The summed E-state index contributed by atoms with van der Waals surface area (Å²) in [4.78, 5) is 33.2. The SMILES string of the molecule is N#Cc1ccccc1NC(=O)N[C@@H](CC(N)=O)C(=O)O. The second-order valence-corrected chi connectivity index (χ2v) is 3.82. The maximum Gasteiger partial charge on any atom is 0.326 e. The molecule has 1 atom stereocenters. The van der Waals surface area contributed by atoms with Crippen molar-refractivity contribution in [3.8, 4) is 6.07 Å². The highest BCUT2D eigenvalue weighted by Gasteiger charge is 2.22. The van der Waals surface area contributed by atoms with Gasteiger partial charge in [-0.15, -0.1) is 0 Å². The number of carbonyl (C=O) groups excluding carboxylic acids is 2. The van der Waals surface area contributed by atoms with Gasteiger partial charge >= 0.3 is 12.0 Å². The van der Waals surface area contributed by atoms with E-state index in [2.05, 4.69) is 10.6 Å². The van der Waals surface area contributed by atoms with Gasteiger partial charge in [0.15, 0.2) is 0 Å². The average molecular weight is 276 g/mol. The topological polar surface area (TPSA) is 145 Å². The lowest BCUT2D eigenvalue weighted by Crippen LogP contribution is -2.45. The van der Waals surface area contributed by atoms with Crippen molar-refractivity contribution in [2.45, 2.75) is 12.5 Å². The Bertz CT molecular complexity index is 579. The van der Waals surface area contributed by atoms with Crippen LogP contribution in [0.25, 0.3) is 0 Å². The first-order valence-electron chi connectivity index (χ1n) is 5.51. The first kappa shape index (κ1) is 15.0. The van der Waals surface area contributed by atoms with Crippen LogP contribution in [0.3, 0.4) is 0 Å². The number of primary amides is 1. The summed E-state index contributed by atoms with van der Waals surface area (Å²) in [5.41, 5.74) is 5.35. The predicted octanol–water partition coefficient (Wildman–Crippen LogP) is 0.00838. The van der Waals surface area contributed by atoms with Gasteiger partial charge in [-0.1, -0.05) is 12.1 Å². The van der Waals surface area contributed by atoms with Gasteiger partial charge in [0, 0.05) is 0 Å². The summed E-state index contributed by atoms with van der Waals surface area (Å²) >= 11 is 0. The van der Waals surface area contributed by atoms with Crippen molar-refractivity contribution in [1.29, 1.82) is 5.26 Å². The number of para-hydroxylation sites is 1. The number of aliphatic carboxylic acids is 1. The number of nitrogens with one attached hydrogen (secondary N) is 2. The number of rotatable bonds is 5. The van der Waals surface area contributed by atoms with E-state index in [1.54, 1.807) is 12.1 Å². The summed E-state index contributed by atoms with van der Waals surface area (Å²) in [5, 5.41) is 22.1. The number of carbonyl (C=O) groups is 3. The third-order valence-electron chi connectivity index (χ3n) is 2.30. The van der Waals surface area contributed by atoms with Gasteiger partial charge in [-0.05, 0) is 12.1 Å². The summed E-state index contributed by atoms with van der Waals surface area (Å²) < 4.78 is 0. The van der Waals surface area contributed by atoms with Crippen LogP contribution in [0.1, 0.15) is 12.0 Å². The van der Waals surface area contributed by atoms with Gasteiger partial charge in [-0.2, -0.15) is 5.26 Å². The maximum absolute atomic E-state index is 11.6. The molecule has 5 N–H and O–H groups in total. The summed E-state index contributed by atoms with van der Waals surface area (Å²) in [7, 11) is 0. The Hall–Kier alpha value is -3.08. The van der Waals surface area contributed by atoms with Crippen molar-refractivity contribution in [1.82, 2.24) is 5.32 Å². The van der Waals surface area contributed by atoms with Crippen LogP contribution in [-0.4, -0.2) is 29.1 Å².